The Morgan fingerprint density at radius 3 is 2.87 bits per heavy atom. The summed E-state index contributed by atoms with van der Waals surface area (Å²) in [6, 6.07) is 3.32. The smallest absolute Gasteiger partial charge is 0.178 e. The van der Waals surface area contributed by atoms with Crippen LogP contribution in [0.1, 0.15) is 24.4 Å². The van der Waals surface area contributed by atoms with Gasteiger partial charge in [-0.3, -0.25) is 0 Å². The second-order valence-corrected chi connectivity index (χ2v) is 5.83. The Kier molecular flexibility index (Phi) is 2.52. The lowest BCUT2D eigenvalue weighted by atomic mass is 10.0. The lowest BCUT2D eigenvalue weighted by Gasteiger charge is -2.11. The molecular formula is C10H12FNO2S. The normalized spacial score (nSPS) is 24.3. The van der Waals surface area contributed by atoms with E-state index in [2.05, 4.69) is 0 Å². The molecule has 15 heavy (non-hydrogen) atoms. The molecule has 0 radical (unpaired) electrons. The summed E-state index contributed by atoms with van der Waals surface area (Å²) in [5, 5.41) is 0. The first-order valence-corrected chi connectivity index (χ1v) is 6.44. The Morgan fingerprint density at radius 1 is 1.40 bits per heavy atom. The van der Waals surface area contributed by atoms with Gasteiger partial charge in [0.05, 0.1) is 10.6 Å². The van der Waals surface area contributed by atoms with Crippen LogP contribution in [0.5, 0.6) is 0 Å². The molecule has 0 spiro atoms. The van der Waals surface area contributed by atoms with Crippen molar-refractivity contribution in [3.05, 3.63) is 29.6 Å². The molecule has 0 saturated heterocycles. The second kappa shape index (κ2) is 3.57. The summed E-state index contributed by atoms with van der Waals surface area (Å²) in [7, 11) is -3.27. The Balaban J connectivity index is 2.67. The Bertz CT molecular complexity index is 484. The second-order valence-electron chi connectivity index (χ2n) is 3.75. The van der Waals surface area contributed by atoms with E-state index in [0.717, 1.165) is 6.07 Å². The Labute approximate surface area is 88.0 Å². The third-order valence-corrected chi connectivity index (χ3v) is 4.50. The highest BCUT2D eigenvalue weighted by molar-refractivity contribution is 7.91. The standard InChI is InChI=1S/C10H12FNO2S/c11-7-3-4-10-8(6-7)9(12)2-1-5-15(10,13)14/h3-4,6,9H,1-2,5,12H2. The van der Waals surface area contributed by atoms with Crippen molar-refractivity contribution >= 4 is 9.84 Å². The fourth-order valence-electron chi connectivity index (χ4n) is 1.85. The van der Waals surface area contributed by atoms with Crippen LogP contribution in [0, 0.1) is 5.82 Å². The van der Waals surface area contributed by atoms with Gasteiger partial charge in [0.1, 0.15) is 5.82 Å². The zero-order valence-electron chi connectivity index (χ0n) is 8.11. The quantitative estimate of drug-likeness (QED) is 0.684. The summed E-state index contributed by atoms with van der Waals surface area (Å²) >= 11 is 0. The fraction of sp³-hybridized carbons (Fsp3) is 0.400. The van der Waals surface area contributed by atoms with E-state index >= 15 is 0 Å². The predicted octanol–water partition coefficient (Wildman–Crippen LogP) is 1.39. The molecular weight excluding hydrogens is 217 g/mol. The van der Waals surface area contributed by atoms with E-state index in [1.807, 2.05) is 0 Å². The van der Waals surface area contributed by atoms with Crippen LogP contribution in [-0.4, -0.2) is 14.2 Å². The minimum Gasteiger partial charge on any atom is -0.324 e. The largest absolute Gasteiger partial charge is 0.324 e. The van der Waals surface area contributed by atoms with Crippen LogP contribution in [0.2, 0.25) is 0 Å². The van der Waals surface area contributed by atoms with Gasteiger partial charge in [-0.25, -0.2) is 12.8 Å². The van der Waals surface area contributed by atoms with Crippen LogP contribution in [0.4, 0.5) is 4.39 Å². The van der Waals surface area contributed by atoms with Crippen molar-refractivity contribution in [3.63, 3.8) is 0 Å². The van der Waals surface area contributed by atoms with E-state index in [0.29, 0.717) is 18.4 Å². The zero-order chi connectivity index (χ0) is 11.1. The first-order valence-electron chi connectivity index (χ1n) is 4.78. The molecule has 1 atom stereocenters. The minimum absolute atomic E-state index is 0.0966. The summed E-state index contributed by atoms with van der Waals surface area (Å²) in [5.74, 6) is -0.347. The Morgan fingerprint density at radius 2 is 2.13 bits per heavy atom. The number of fused-ring (bicyclic) bond motifs is 1. The summed E-state index contributed by atoms with van der Waals surface area (Å²) in [5.41, 5.74) is 6.21. The number of nitrogens with two attached hydrogens (primary N) is 1. The van der Waals surface area contributed by atoms with Crippen LogP contribution in [0.3, 0.4) is 0 Å². The van der Waals surface area contributed by atoms with E-state index in [-0.39, 0.29) is 16.7 Å². The van der Waals surface area contributed by atoms with E-state index in [9.17, 15) is 12.8 Å². The zero-order valence-corrected chi connectivity index (χ0v) is 8.93. The maximum absolute atomic E-state index is 13.0. The van der Waals surface area contributed by atoms with Gasteiger partial charge in [0, 0.05) is 6.04 Å². The molecule has 1 aromatic rings. The van der Waals surface area contributed by atoms with Crippen LogP contribution in [-0.2, 0) is 9.84 Å². The summed E-state index contributed by atoms with van der Waals surface area (Å²) in [6.07, 6.45) is 1.11. The molecule has 0 fully saturated rings. The van der Waals surface area contributed by atoms with E-state index < -0.39 is 15.7 Å². The van der Waals surface area contributed by atoms with Gasteiger partial charge in [-0.05, 0) is 36.6 Å². The van der Waals surface area contributed by atoms with Crippen LogP contribution in [0.25, 0.3) is 0 Å². The molecule has 1 aliphatic heterocycles. The third kappa shape index (κ3) is 1.89. The van der Waals surface area contributed by atoms with Crippen molar-refractivity contribution in [1.29, 1.82) is 0 Å². The molecule has 0 aliphatic carbocycles. The van der Waals surface area contributed by atoms with E-state index in [1.165, 1.54) is 12.1 Å². The average Bonchev–Trinajstić information content (AvgIpc) is 2.25. The third-order valence-electron chi connectivity index (χ3n) is 2.63. The first kappa shape index (κ1) is 10.6. The molecule has 0 saturated carbocycles. The molecule has 1 unspecified atom stereocenters. The first-order chi connectivity index (χ1) is 7.00. The van der Waals surface area contributed by atoms with Gasteiger partial charge in [0.2, 0.25) is 0 Å². The van der Waals surface area contributed by atoms with Crippen molar-refractivity contribution in [2.24, 2.45) is 5.73 Å². The molecule has 0 amide bonds. The van der Waals surface area contributed by atoms with Gasteiger partial charge in [0.25, 0.3) is 0 Å². The maximum Gasteiger partial charge on any atom is 0.178 e. The Hall–Kier alpha value is -0.940. The molecule has 0 aromatic heterocycles. The molecule has 82 valence electrons. The van der Waals surface area contributed by atoms with Gasteiger partial charge in [0.15, 0.2) is 9.84 Å². The lowest BCUT2D eigenvalue weighted by molar-refractivity contribution is 0.594. The van der Waals surface area contributed by atoms with E-state index in [4.69, 9.17) is 5.73 Å². The van der Waals surface area contributed by atoms with Crippen molar-refractivity contribution in [2.75, 3.05) is 5.75 Å². The fourth-order valence-corrected chi connectivity index (χ4v) is 3.46. The molecule has 1 aliphatic rings. The molecule has 1 aromatic carbocycles. The van der Waals surface area contributed by atoms with Gasteiger partial charge >= 0.3 is 0 Å². The van der Waals surface area contributed by atoms with Crippen LogP contribution >= 0.6 is 0 Å². The summed E-state index contributed by atoms with van der Waals surface area (Å²) in [6.45, 7) is 0. The highest BCUT2D eigenvalue weighted by Crippen LogP contribution is 2.29. The summed E-state index contributed by atoms with van der Waals surface area (Å²) in [4.78, 5) is 0.189. The van der Waals surface area contributed by atoms with Gasteiger partial charge < -0.3 is 5.73 Å². The number of halogens is 1. The van der Waals surface area contributed by atoms with Crippen molar-refractivity contribution < 1.29 is 12.8 Å². The molecule has 2 rings (SSSR count). The van der Waals surface area contributed by atoms with Crippen LogP contribution < -0.4 is 5.73 Å². The number of rotatable bonds is 0. The SMILES string of the molecule is NC1CCCS(=O)(=O)c2ccc(F)cc21. The number of benzene rings is 1. The summed E-state index contributed by atoms with van der Waals surface area (Å²) < 4.78 is 36.5. The molecule has 0 bridgehead atoms. The van der Waals surface area contributed by atoms with E-state index in [1.54, 1.807) is 0 Å². The highest BCUT2D eigenvalue weighted by atomic mass is 32.2. The minimum atomic E-state index is -3.27. The predicted molar refractivity (Wildman–Crippen MR) is 54.6 cm³/mol. The van der Waals surface area contributed by atoms with Crippen molar-refractivity contribution in [3.8, 4) is 0 Å². The molecule has 2 N–H and O–H groups in total. The molecule has 3 nitrogen and oxygen atoms in total. The molecule has 5 heteroatoms. The average molecular weight is 229 g/mol. The highest BCUT2D eigenvalue weighted by Gasteiger charge is 2.25. The van der Waals surface area contributed by atoms with Gasteiger partial charge in [-0.2, -0.15) is 0 Å². The number of hydrogen-bond acceptors (Lipinski definition) is 3. The monoisotopic (exact) mass is 229 g/mol. The number of hydrogen-bond donors (Lipinski definition) is 1. The molecule has 1 heterocycles. The van der Waals surface area contributed by atoms with Crippen molar-refractivity contribution in [1.82, 2.24) is 0 Å². The van der Waals surface area contributed by atoms with Crippen molar-refractivity contribution in [2.45, 2.75) is 23.8 Å². The number of sulfone groups is 1. The van der Waals surface area contributed by atoms with Gasteiger partial charge in [-0.15, -0.1) is 0 Å². The lowest BCUT2D eigenvalue weighted by Crippen LogP contribution is -2.11. The van der Waals surface area contributed by atoms with Crippen LogP contribution in [0.15, 0.2) is 23.1 Å². The van der Waals surface area contributed by atoms with Gasteiger partial charge in [-0.1, -0.05) is 0 Å². The maximum atomic E-state index is 13.0. The topological polar surface area (TPSA) is 60.2 Å².